The number of thiazole rings is 1. The number of carbonyl (C=O) groups excluding carboxylic acids is 2. The molecule has 0 aliphatic heterocycles. The van der Waals surface area contributed by atoms with Crippen molar-refractivity contribution in [1.29, 1.82) is 0 Å². The van der Waals surface area contributed by atoms with E-state index in [0.717, 1.165) is 20.8 Å². The topological polar surface area (TPSA) is 62.3 Å². The van der Waals surface area contributed by atoms with Crippen molar-refractivity contribution in [3.05, 3.63) is 65.2 Å². The Morgan fingerprint density at radius 1 is 1.08 bits per heavy atom. The van der Waals surface area contributed by atoms with Crippen molar-refractivity contribution in [2.75, 3.05) is 13.6 Å². The van der Waals surface area contributed by atoms with E-state index in [1.807, 2.05) is 54.6 Å². The summed E-state index contributed by atoms with van der Waals surface area (Å²) in [6.07, 6.45) is 0.274. The third-order valence-electron chi connectivity index (χ3n) is 3.78. The van der Waals surface area contributed by atoms with Crippen molar-refractivity contribution < 1.29 is 9.59 Å². The molecule has 0 atom stereocenters. The fourth-order valence-corrected chi connectivity index (χ4v) is 3.45. The third kappa shape index (κ3) is 4.64. The minimum absolute atomic E-state index is 0.00688. The summed E-state index contributed by atoms with van der Waals surface area (Å²) in [4.78, 5) is 30.2. The van der Waals surface area contributed by atoms with E-state index in [1.54, 1.807) is 23.3 Å². The normalized spacial score (nSPS) is 10.6. The highest BCUT2D eigenvalue weighted by atomic mass is 32.1. The second-order valence-electron chi connectivity index (χ2n) is 5.76. The van der Waals surface area contributed by atoms with Gasteiger partial charge in [0.2, 0.25) is 11.8 Å². The minimum atomic E-state index is -0.159. The lowest BCUT2D eigenvalue weighted by molar-refractivity contribution is -0.132. The van der Waals surface area contributed by atoms with Crippen LogP contribution in [0.2, 0.25) is 0 Å². The summed E-state index contributed by atoms with van der Waals surface area (Å²) in [5.74, 6) is -0.298. The molecule has 2 amide bonds. The number of fused-ring (bicyclic) bond motifs is 1. The first-order chi connectivity index (χ1) is 12.1. The van der Waals surface area contributed by atoms with Gasteiger partial charge >= 0.3 is 0 Å². The van der Waals surface area contributed by atoms with Crippen LogP contribution in [0.3, 0.4) is 0 Å². The molecule has 3 rings (SSSR count). The Morgan fingerprint density at radius 3 is 2.56 bits per heavy atom. The molecule has 0 saturated heterocycles. The highest BCUT2D eigenvalue weighted by molar-refractivity contribution is 7.18. The highest BCUT2D eigenvalue weighted by Crippen LogP contribution is 2.22. The van der Waals surface area contributed by atoms with Crippen molar-refractivity contribution in [1.82, 2.24) is 15.2 Å². The van der Waals surface area contributed by atoms with E-state index >= 15 is 0 Å². The van der Waals surface area contributed by atoms with Gasteiger partial charge in [0, 0.05) is 7.05 Å². The number of nitrogens with zero attached hydrogens (tertiary/aromatic N) is 2. The number of hydrogen-bond donors (Lipinski definition) is 1. The molecule has 0 fully saturated rings. The van der Waals surface area contributed by atoms with Crippen LogP contribution in [0.4, 0.5) is 0 Å². The predicted molar refractivity (Wildman–Crippen MR) is 99.2 cm³/mol. The van der Waals surface area contributed by atoms with Crippen LogP contribution in [0, 0.1) is 0 Å². The molecular formula is C19H19N3O2S. The zero-order valence-electron chi connectivity index (χ0n) is 13.9. The minimum Gasteiger partial charge on any atom is -0.347 e. The number of benzene rings is 2. The number of carbonyl (C=O) groups is 2. The molecule has 0 aliphatic carbocycles. The summed E-state index contributed by atoms with van der Waals surface area (Å²) in [6, 6.07) is 17.4. The van der Waals surface area contributed by atoms with Gasteiger partial charge in [-0.1, -0.05) is 42.5 Å². The molecule has 128 valence electrons. The van der Waals surface area contributed by atoms with Crippen LogP contribution in [0.25, 0.3) is 10.2 Å². The number of para-hydroxylation sites is 1. The summed E-state index contributed by atoms with van der Waals surface area (Å²) in [5, 5.41) is 3.56. The van der Waals surface area contributed by atoms with Gasteiger partial charge in [-0.25, -0.2) is 4.98 Å². The molecule has 0 unspecified atom stereocenters. The number of amides is 2. The van der Waals surface area contributed by atoms with Gasteiger partial charge in [0.05, 0.1) is 29.7 Å². The molecule has 0 radical (unpaired) electrons. The second-order valence-corrected chi connectivity index (χ2v) is 6.88. The van der Waals surface area contributed by atoms with Crippen LogP contribution in [0.5, 0.6) is 0 Å². The van der Waals surface area contributed by atoms with Crippen LogP contribution in [-0.4, -0.2) is 35.3 Å². The maximum Gasteiger partial charge on any atom is 0.242 e. The first-order valence-corrected chi connectivity index (χ1v) is 8.82. The Balaban J connectivity index is 1.49. The molecular weight excluding hydrogens is 334 g/mol. The largest absolute Gasteiger partial charge is 0.347 e. The quantitative estimate of drug-likeness (QED) is 0.741. The summed E-state index contributed by atoms with van der Waals surface area (Å²) < 4.78 is 1.11. The molecule has 1 N–H and O–H groups in total. The molecule has 3 aromatic rings. The monoisotopic (exact) mass is 353 g/mol. The molecule has 6 heteroatoms. The van der Waals surface area contributed by atoms with Crippen molar-refractivity contribution in [2.45, 2.75) is 13.0 Å². The molecule has 25 heavy (non-hydrogen) atoms. The fourth-order valence-electron chi connectivity index (χ4n) is 2.43. The third-order valence-corrected chi connectivity index (χ3v) is 4.80. The van der Waals surface area contributed by atoms with E-state index in [1.165, 1.54) is 0 Å². The molecule has 2 aromatic carbocycles. The average molecular weight is 353 g/mol. The number of likely N-dealkylation sites (N-methyl/N-ethyl adjacent to an activating group) is 1. The first-order valence-electron chi connectivity index (χ1n) is 8.01. The lowest BCUT2D eigenvalue weighted by Crippen LogP contribution is -2.38. The van der Waals surface area contributed by atoms with Gasteiger partial charge in [0.1, 0.15) is 5.01 Å². The number of aromatic nitrogens is 1. The van der Waals surface area contributed by atoms with E-state index in [2.05, 4.69) is 10.3 Å². The number of hydrogen-bond acceptors (Lipinski definition) is 4. The van der Waals surface area contributed by atoms with E-state index in [0.29, 0.717) is 6.54 Å². The predicted octanol–water partition coefficient (Wildman–Crippen LogP) is 2.61. The van der Waals surface area contributed by atoms with Gasteiger partial charge in [-0.3, -0.25) is 9.59 Å². The van der Waals surface area contributed by atoms with Crippen LogP contribution in [0.1, 0.15) is 10.6 Å². The van der Waals surface area contributed by atoms with E-state index in [9.17, 15) is 9.59 Å². The molecule has 1 aromatic heterocycles. The van der Waals surface area contributed by atoms with Gasteiger partial charge in [-0.2, -0.15) is 0 Å². The molecule has 0 aliphatic rings. The van der Waals surface area contributed by atoms with Crippen molar-refractivity contribution in [2.24, 2.45) is 0 Å². The molecule has 0 saturated carbocycles. The van der Waals surface area contributed by atoms with Crippen LogP contribution < -0.4 is 5.32 Å². The lowest BCUT2D eigenvalue weighted by atomic mass is 10.1. The Hall–Kier alpha value is -2.73. The Labute approximate surface area is 150 Å². The zero-order valence-corrected chi connectivity index (χ0v) is 14.8. The SMILES string of the molecule is CN(Cc1nc2ccccc2s1)C(=O)CNC(=O)Cc1ccccc1. The Kier molecular flexibility index (Phi) is 5.40. The zero-order chi connectivity index (χ0) is 17.6. The molecule has 0 spiro atoms. The van der Waals surface area contributed by atoms with Gasteiger partial charge < -0.3 is 10.2 Å². The maximum atomic E-state index is 12.2. The standard InChI is InChI=1S/C19H19N3O2S/c1-22(13-18-21-15-9-5-6-10-16(15)25-18)19(24)12-20-17(23)11-14-7-3-2-4-8-14/h2-10H,11-13H2,1H3,(H,20,23). The van der Waals surface area contributed by atoms with E-state index < -0.39 is 0 Å². The van der Waals surface area contributed by atoms with Crippen molar-refractivity contribution in [3.8, 4) is 0 Å². The van der Waals surface area contributed by atoms with Crippen molar-refractivity contribution in [3.63, 3.8) is 0 Å². The van der Waals surface area contributed by atoms with Crippen LogP contribution in [-0.2, 0) is 22.6 Å². The number of rotatable bonds is 6. The summed E-state index contributed by atoms with van der Waals surface area (Å²) in [5.41, 5.74) is 1.87. The van der Waals surface area contributed by atoms with Crippen LogP contribution >= 0.6 is 11.3 Å². The number of nitrogens with one attached hydrogen (secondary N) is 1. The van der Waals surface area contributed by atoms with Gasteiger partial charge in [0.25, 0.3) is 0 Å². The van der Waals surface area contributed by atoms with Crippen LogP contribution in [0.15, 0.2) is 54.6 Å². The second kappa shape index (κ2) is 7.90. The van der Waals surface area contributed by atoms with Gasteiger partial charge in [0.15, 0.2) is 0 Å². The fraction of sp³-hybridized carbons (Fsp3) is 0.211. The Bertz CT molecular complexity index is 844. The first kappa shape index (κ1) is 17.1. The summed E-state index contributed by atoms with van der Waals surface area (Å²) >= 11 is 1.58. The highest BCUT2D eigenvalue weighted by Gasteiger charge is 2.13. The summed E-state index contributed by atoms with van der Waals surface area (Å²) in [7, 11) is 1.72. The van der Waals surface area contributed by atoms with E-state index in [4.69, 9.17) is 0 Å². The van der Waals surface area contributed by atoms with Gasteiger partial charge in [-0.15, -0.1) is 11.3 Å². The maximum absolute atomic E-state index is 12.2. The van der Waals surface area contributed by atoms with Gasteiger partial charge in [-0.05, 0) is 17.7 Å². The average Bonchev–Trinajstić information content (AvgIpc) is 3.02. The Morgan fingerprint density at radius 2 is 1.80 bits per heavy atom. The molecule has 5 nitrogen and oxygen atoms in total. The van der Waals surface area contributed by atoms with E-state index in [-0.39, 0.29) is 24.8 Å². The molecule has 0 bridgehead atoms. The lowest BCUT2D eigenvalue weighted by Gasteiger charge is -2.16. The van der Waals surface area contributed by atoms with Crippen molar-refractivity contribution >= 4 is 33.4 Å². The summed E-state index contributed by atoms with van der Waals surface area (Å²) in [6.45, 7) is 0.430. The smallest absolute Gasteiger partial charge is 0.242 e. The molecule has 1 heterocycles.